The first kappa shape index (κ1) is 23.6. The molecule has 0 aliphatic rings. The van der Waals surface area contributed by atoms with Crippen molar-refractivity contribution in [1.29, 1.82) is 0 Å². The lowest BCUT2D eigenvalue weighted by Crippen LogP contribution is -2.40. The smallest absolute Gasteiger partial charge is 0.276 e. The number of anilines is 1. The molecule has 170 valence electrons. The van der Waals surface area contributed by atoms with Crippen molar-refractivity contribution >= 4 is 32.4 Å². The molecular formula is C23H28N4O4S. The molecule has 0 saturated carbocycles. The predicted molar refractivity (Wildman–Crippen MR) is 125 cm³/mol. The summed E-state index contributed by atoms with van der Waals surface area (Å²) < 4.78 is 29.2. The number of fused-ring (bicyclic) bond motifs is 1. The molecule has 0 saturated heterocycles. The molecule has 1 heterocycles. The number of aromatic nitrogens is 2. The van der Waals surface area contributed by atoms with E-state index in [1.165, 1.54) is 16.8 Å². The molecule has 0 bridgehead atoms. The second-order valence-electron chi connectivity index (χ2n) is 9.11. The van der Waals surface area contributed by atoms with Crippen LogP contribution in [0.5, 0.6) is 0 Å². The van der Waals surface area contributed by atoms with Gasteiger partial charge in [0.25, 0.3) is 11.5 Å². The highest BCUT2D eigenvalue weighted by Gasteiger charge is 2.23. The zero-order valence-corrected chi connectivity index (χ0v) is 19.7. The Balaban J connectivity index is 2.00. The minimum Gasteiger partial charge on any atom is -0.321 e. The van der Waals surface area contributed by atoms with Crippen LogP contribution in [0, 0.1) is 5.92 Å². The van der Waals surface area contributed by atoms with Crippen molar-refractivity contribution in [3.63, 3.8) is 0 Å². The molecule has 0 fully saturated rings. The summed E-state index contributed by atoms with van der Waals surface area (Å²) in [7, 11) is -3.76. The van der Waals surface area contributed by atoms with Crippen molar-refractivity contribution in [1.82, 2.24) is 14.5 Å². The minimum atomic E-state index is -3.76. The summed E-state index contributed by atoms with van der Waals surface area (Å²) in [5, 5.41) is 7.87. The number of carbonyl (C=O) groups is 1. The maximum absolute atomic E-state index is 13.1. The number of carbonyl (C=O) groups excluding carboxylic acids is 1. The van der Waals surface area contributed by atoms with E-state index in [1.54, 1.807) is 57.2 Å². The maximum atomic E-state index is 13.1. The number of nitrogens with zero attached hydrogens (tertiary/aromatic N) is 2. The lowest BCUT2D eigenvalue weighted by atomic mass is 10.1. The van der Waals surface area contributed by atoms with Crippen LogP contribution in [0.15, 0.2) is 58.2 Å². The van der Waals surface area contributed by atoms with Gasteiger partial charge >= 0.3 is 0 Å². The predicted octanol–water partition coefficient (Wildman–Crippen LogP) is 3.38. The van der Waals surface area contributed by atoms with E-state index in [0.29, 0.717) is 23.0 Å². The van der Waals surface area contributed by atoms with E-state index in [4.69, 9.17) is 0 Å². The SMILES string of the molecule is CC(C)Cn1nc(C(=O)Nc2cccc(S(=O)(=O)NC(C)(C)C)c2)c2ccccc2c1=O. The Kier molecular flexibility index (Phi) is 6.52. The van der Waals surface area contributed by atoms with Gasteiger partial charge < -0.3 is 5.32 Å². The summed E-state index contributed by atoms with van der Waals surface area (Å²) in [6.07, 6.45) is 0. The van der Waals surface area contributed by atoms with Gasteiger partial charge in [-0.3, -0.25) is 9.59 Å². The number of hydrogen-bond donors (Lipinski definition) is 2. The molecule has 0 atom stereocenters. The summed E-state index contributed by atoms with van der Waals surface area (Å²) in [5.41, 5.74) is -0.501. The Morgan fingerprint density at radius 3 is 2.34 bits per heavy atom. The van der Waals surface area contributed by atoms with Crippen LogP contribution in [-0.4, -0.2) is 29.6 Å². The summed E-state index contributed by atoms with van der Waals surface area (Å²) >= 11 is 0. The van der Waals surface area contributed by atoms with Crippen molar-refractivity contribution in [2.45, 2.75) is 51.6 Å². The lowest BCUT2D eigenvalue weighted by Gasteiger charge is -2.20. The molecule has 0 aliphatic carbocycles. The zero-order chi connectivity index (χ0) is 23.7. The van der Waals surface area contributed by atoms with Gasteiger partial charge in [-0.05, 0) is 51.0 Å². The Hall–Kier alpha value is -3.04. The van der Waals surface area contributed by atoms with Crippen molar-refractivity contribution in [3.05, 3.63) is 64.6 Å². The molecule has 0 spiro atoms. The van der Waals surface area contributed by atoms with E-state index in [9.17, 15) is 18.0 Å². The van der Waals surface area contributed by atoms with E-state index < -0.39 is 21.5 Å². The quantitative estimate of drug-likeness (QED) is 0.591. The highest BCUT2D eigenvalue weighted by atomic mass is 32.2. The third-order valence-electron chi connectivity index (χ3n) is 4.46. The summed E-state index contributed by atoms with van der Waals surface area (Å²) in [6.45, 7) is 9.54. The van der Waals surface area contributed by atoms with Gasteiger partial charge in [0, 0.05) is 23.2 Å². The first-order valence-corrected chi connectivity index (χ1v) is 11.8. The Labute approximate surface area is 187 Å². The summed E-state index contributed by atoms with van der Waals surface area (Å²) in [6, 6.07) is 12.8. The van der Waals surface area contributed by atoms with Crippen LogP contribution in [0.4, 0.5) is 5.69 Å². The number of hydrogen-bond acceptors (Lipinski definition) is 5. The molecule has 1 amide bonds. The van der Waals surface area contributed by atoms with E-state index >= 15 is 0 Å². The Morgan fingerprint density at radius 2 is 1.72 bits per heavy atom. The molecule has 3 aromatic rings. The summed E-state index contributed by atoms with van der Waals surface area (Å²) in [5.74, 6) is -0.369. The van der Waals surface area contributed by atoms with Crippen molar-refractivity contribution in [2.24, 2.45) is 5.92 Å². The molecule has 32 heavy (non-hydrogen) atoms. The third-order valence-corrected chi connectivity index (χ3v) is 6.22. The van der Waals surface area contributed by atoms with E-state index in [0.717, 1.165) is 0 Å². The molecule has 3 rings (SSSR count). The van der Waals surface area contributed by atoms with Crippen LogP contribution in [0.3, 0.4) is 0 Å². The minimum absolute atomic E-state index is 0.0350. The fraction of sp³-hybridized carbons (Fsp3) is 0.348. The van der Waals surface area contributed by atoms with Crippen LogP contribution in [0.25, 0.3) is 10.8 Å². The van der Waals surface area contributed by atoms with Crippen LogP contribution in [0.1, 0.15) is 45.1 Å². The number of amides is 1. The molecule has 9 heteroatoms. The topological polar surface area (TPSA) is 110 Å². The average molecular weight is 457 g/mol. The number of rotatable bonds is 6. The van der Waals surface area contributed by atoms with Gasteiger partial charge in [0.1, 0.15) is 0 Å². The fourth-order valence-electron chi connectivity index (χ4n) is 3.27. The van der Waals surface area contributed by atoms with Crippen LogP contribution in [0.2, 0.25) is 0 Å². The first-order chi connectivity index (χ1) is 14.9. The van der Waals surface area contributed by atoms with Gasteiger partial charge in [-0.2, -0.15) is 5.10 Å². The Morgan fingerprint density at radius 1 is 1.06 bits per heavy atom. The van der Waals surface area contributed by atoms with Gasteiger partial charge in [0.2, 0.25) is 10.0 Å². The highest BCUT2D eigenvalue weighted by molar-refractivity contribution is 7.89. The average Bonchev–Trinajstić information content (AvgIpc) is 2.68. The van der Waals surface area contributed by atoms with Gasteiger partial charge in [0.15, 0.2) is 5.69 Å². The molecule has 0 unspecified atom stereocenters. The number of sulfonamides is 1. The monoisotopic (exact) mass is 456 g/mol. The van der Waals surface area contributed by atoms with Crippen LogP contribution >= 0.6 is 0 Å². The largest absolute Gasteiger partial charge is 0.321 e. The Bertz CT molecular complexity index is 1320. The maximum Gasteiger partial charge on any atom is 0.276 e. The van der Waals surface area contributed by atoms with E-state index in [1.807, 2.05) is 13.8 Å². The molecule has 0 radical (unpaired) electrons. The van der Waals surface area contributed by atoms with Crippen molar-refractivity contribution < 1.29 is 13.2 Å². The highest BCUT2D eigenvalue weighted by Crippen LogP contribution is 2.20. The van der Waals surface area contributed by atoms with Gasteiger partial charge in [-0.15, -0.1) is 0 Å². The van der Waals surface area contributed by atoms with E-state index in [-0.39, 0.29) is 22.1 Å². The standard InChI is InChI=1S/C23H28N4O4S/c1-15(2)14-27-22(29)19-12-7-6-11-18(19)20(25-27)21(28)24-16-9-8-10-17(13-16)32(30,31)26-23(3,4)5/h6-13,15,26H,14H2,1-5H3,(H,24,28). The van der Waals surface area contributed by atoms with Crippen LogP contribution < -0.4 is 15.6 Å². The van der Waals surface area contributed by atoms with Gasteiger partial charge in [0.05, 0.1) is 10.3 Å². The van der Waals surface area contributed by atoms with E-state index in [2.05, 4.69) is 15.1 Å². The van der Waals surface area contributed by atoms with Gasteiger partial charge in [-0.25, -0.2) is 17.8 Å². The van der Waals surface area contributed by atoms with Gasteiger partial charge in [-0.1, -0.05) is 38.1 Å². The van der Waals surface area contributed by atoms with Crippen molar-refractivity contribution in [2.75, 3.05) is 5.32 Å². The first-order valence-electron chi connectivity index (χ1n) is 10.3. The normalized spacial score (nSPS) is 12.3. The fourth-order valence-corrected chi connectivity index (χ4v) is 4.73. The number of benzene rings is 2. The van der Waals surface area contributed by atoms with Crippen molar-refractivity contribution in [3.8, 4) is 0 Å². The third kappa shape index (κ3) is 5.41. The molecule has 2 N–H and O–H groups in total. The second-order valence-corrected chi connectivity index (χ2v) is 10.8. The lowest BCUT2D eigenvalue weighted by molar-refractivity contribution is 0.102. The molecule has 2 aromatic carbocycles. The molecular weight excluding hydrogens is 428 g/mol. The number of nitrogens with one attached hydrogen (secondary N) is 2. The molecule has 1 aromatic heterocycles. The second kappa shape index (κ2) is 8.84. The molecule has 0 aliphatic heterocycles. The zero-order valence-electron chi connectivity index (χ0n) is 18.8. The molecule has 8 nitrogen and oxygen atoms in total. The van der Waals surface area contributed by atoms with Crippen LogP contribution in [-0.2, 0) is 16.6 Å². The summed E-state index contributed by atoms with van der Waals surface area (Å²) in [4.78, 5) is 25.9.